The summed E-state index contributed by atoms with van der Waals surface area (Å²) in [5.41, 5.74) is 1.21. The average Bonchev–Trinajstić information content (AvgIpc) is 3.08. The molecule has 146 valence electrons. The molecule has 0 saturated carbocycles. The molecule has 3 rings (SSSR count). The van der Waals surface area contributed by atoms with Crippen molar-refractivity contribution in [3.63, 3.8) is 0 Å². The van der Waals surface area contributed by atoms with Gasteiger partial charge in [0, 0.05) is 23.2 Å². The zero-order valence-corrected chi connectivity index (χ0v) is 18.0. The van der Waals surface area contributed by atoms with Gasteiger partial charge in [-0.05, 0) is 49.5 Å². The van der Waals surface area contributed by atoms with Crippen molar-refractivity contribution in [3.05, 3.63) is 34.9 Å². The van der Waals surface area contributed by atoms with E-state index in [1.54, 1.807) is 11.8 Å². The summed E-state index contributed by atoms with van der Waals surface area (Å²) in [6.07, 6.45) is 1.72. The van der Waals surface area contributed by atoms with Crippen LogP contribution >= 0.6 is 34.7 Å². The van der Waals surface area contributed by atoms with Gasteiger partial charge in [-0.3, -0.25) is 9.69 Å². The fourth-order valence-corrected chi connectivity index (χ4v) is 4.96. The number of nitrogens with zero attached hydrogens (tertiary/aromatic N) is 3. The van der Waals surface area contributed by atoms with Crippen molar-refractivity contribution in [1.82, 2.24) is 15.1 Å². The van der Waals surface area contributed by atoms with Crippen molar-refractivity contribution in [2.45, 2.75) is 37.6 Å². The highest BCUT2D eigenvalue weighted by Crippen LogP contribution is 2.28. The van der Waals surface area contributed by atoms with E-state index in [2.05, 4.69) is 40.3 Å². The Morgan fingerprint density at radius 1 is 1.37 bits per heavy atom. The number of halogens is 1. The van der Waals surface area contributed by atoms with Gasteiger partial charge in [0.2, 0.25) is 11.0 Å². The molecule has 1 aliphatic rings. The standard InChI is InChI=1S/C19H25ClN4OS2/c1-13(2)12-26-19-23-22-18(27-19)21-17(25)15-6-8-24(9-7-15)11-14-4-3-5-16(20)10-14/h3-5,10,13,15H,6-9,11-12H2,1-2H3,(H,21,22,25). The number of benzene rings is 1. The summed E-state index contributed by atoms with van der Waals surface area (Å²) in [6, 6.07) is 7.97. The van der Waals surface area contributed by atoms with Gasteiger partial charge in [0.1, 0.15) is 0 Å². The summed E-state index contributed by atoms with van der Waals surface area (Å²) in [5.74, 6) is 1.72. The normalized spacial score (nSPS) is 16.0. The minimum atomic E-state index is 0.0382. The molecular formula is C19H25ClN4OS2. The predicted octanol–water partition coefficient (Wildman–Crippen LogP) is 4.79. The summed E-state index contributed by atoms with van der Waals surface area (Å²) < 4.78 is 0.912. The molecule has 5 nitrogen and oxygen atoms in total. The molecule has 2 aromatic rings. The van der Waals surface area contributed by atoms with Crippen LogP contribution in [0.25, 0.3) is 0 Å². The highest BCUT2D eigenvalue weighted by atomic mass is 35.5. The quantitative estimate of drug-likeness (QED) is 0.511. The highest BCUT2D eigenvalue weighted by molar-refractivity contribution is 8.01. The number of carbonyl (C=O) groups is 1. The van der Waals surface area contributed by atoms with Crippen LogP contribution in [0, 0.1) is 11.8 Å². The fourth-order valence-electron chi connectivity index (χ4n) is 3.01. The van der Waals surface area contributed by atoms with Crippen LogP contribution in [0.2, 0.25) is 5.02 Å². The van der Waals surface area contributed by atoms with Gasteiger partial charge in [0.15, 0.2) is 4.34 Å². The maximum absolute atomic E-state index is 12.5. The molecule has 1 N–H and O–H groups in total. The number of piperidine rings is 1. The SMILES string of the molecule is CC(C)CSc1nnc(NC(=O)C2CCN(Cc3cccc(Cl)c3)CC2)s1. The van der Waals surface area contributed by atoms with Crippen molar-refractivity contribution in [2.24, 2.45) is 11.8 Å². The first-order chi connectivity index (χ1) is 13.0. The maximum atomic E-state index is 12.5. The molecule has 2 heterocycles. The van der Waals surface area contributed by atoms with Gasteiger partial charge in [-0.25, -0.2) is 0 Å². The zero-order chi connectivity index (χ0) is 19.2. The lowest BCUT2D eigenvalue weighted by Crippen LogP contribution is -2.37. The molecule has 1 fully saturated rings. The van der Waals surface area contributed by atoms with E-state index in [9.17, 15) is 4.79 Å². The van der Waals surface area contributed by atoms with Crippen LogP contribution in [0.1, 0.15) is 32.3 Å². The Hall–Kier alpha value is -1.15. The van der Waals surface area contributed by atoms with Crippen molar-refractivity contribution in [3.8, 4) is 0 Å². The number of nitrogens with one attached hydrogen (secondary N) is 1. The average molecular weight is 425 g/mol. The van der Waals surface area contributed by atoms with E-state index in [1.807, 2.05) is 18.2 Å². The highest BCUT2D eigenvalue weighted by Gasteiger charge is 2.25. The van der Waals surface area contributed by atoms with Crippen molar-refractivity contribution >= 4 is 45.7 Å². The van der Waals surface area contributed by atoms with Gasteiger partial charge in [-0.15, -0.1) is 10.2 Å². The van der Waals surface area contributed by atoms with Crippen LogP contribution in [0.15, 0.2) is 28.6 Å². The number of hydrogen-bond acceptors (Lipinski definition) is 6. The molecule has 1 aromatic heterocycles. The van der Waals surface area contributed by atoms with E-state index in [4.69, 9.17) is 11.6 Å². The first-order valence-electron chi connectivity index (χ1n) is 9.23. The minimum Gasteiger partial charge on any atom is -0.300 e. The topological polar surface area (TPSA) is 58.1 Å². The Balaban J connectivity index is 1.44. The molecule has 0 atom stereocenters. The summed E-state index contributed by atoms with van der Waals surface area (Å²) in [5, 5.41) is 12.6. The van der Waals surface area contributed by atoms with Crippen LogP contribution in [-0.2, 0) is 11.3 Å². The number of carbonyl (C=O) groups excluding carboxylic acids is 1. The zero-order valence-electron chi connectivity index (χ0n) is 15.7. The Bertz CT molecular complexity index is 760. The second kappa shape index (κ2) is 9.87. The second-order valence-electron chi connectivity index (χ2n) is 7.25. The second-order valence-corrected chi connectivity index (χ2v) is 9.93. The maximum Gasteiger partial charge on any atom is 0.229 e. The third-order valence-electron chi connectivity index (χ3n) is 4.43. The van der Waals surface area contributed by atoms with Gasteiger partial charge >= 0.3 is 0 Å². The minimum absolute atomic E-state index is 0.0382. The van der Waals surface area contributed by atoms with Crippen molar-refractivity contribution in [1.29, 1.82) is 0 Å². The van der Waals surface area contributed by atoms with Crippen LogP contribution < -0.4 is 5.32 Å². The van der Waals surface area contributed by atoms with Crippen LogP contribution in [-0.4, -0.2) is 39.8 Å². The largest absolute Gasteiger partial charge is 0.300 e. The number of rotatable bonds is 7. The van der Waals surface area contributed by atoms with Crippen LogP contribution in [0.4, 0.5) is 5.13 Å². The van der Waals surface area contributed by atoms with E-state index in [-0.39, 0.29) is 11.8 Å². The fraction of sp³-hybridized carbons (Fsp3) is 0.526. The van der Waals surface area contributed by atoms with E-state index >= 15 is 0 Å². The number of thioether (sulfide) groups is 1. The lowest BCUT2D eigenvalue weighted by molar-refractivity contribution is -0.121. The van der Waals surface area contributed by atoms with Crippen molar-refractivity contribution in [2.75, 3.05) is 24.2 Å². The molecule has 0 radical (unpaired) electrons. The molecule has 1 aliphatic heterocycles. The first kappa shape index (κ1) is 20.6. The molecule has 8 heteroatoms. The van der Waals surface area contributed by atoms with Crippen molar-refractivity contribution < 1.29 is 4.79 Å². The number of anilines is 1. The number of likely N-dealkylation sites (tertiary alicyclic amines) is 1. The van der Waals surface area contributed by atoms with Gasteiger partial charge in [-0.2, -0.15) is 0 Å². The summed E-state index contributed by atoms with van der Waals surface area (Å²) in [4.78, 5) is 14.9. The lowest BCUT2D eigenvalue weighted by atomic mass is 9.95. The monoisotopic (exact) mass is 424 g/mol. The van der Waals surface area contributed by atoms with Crippen LogP contribution in [0.5, 0.6) is 0 Å². The summed E-state index contributed by atoms with van der Waals surface area (Å²) >= 11 is 9.21. The number of aromatic nitrogens is 2. The Morgan fingerprint density at radius 2 is 2.15 bits per heavy atom. The lowest BCUT2D eigenvalue weighted by Gasteiger charge is -2.31. The Kier molecular flexibility index (Phi) is 7.52. The number of hydrogen-bond donors (Lipinski definition) is 1. The molecule has 1 aromatic carbocycles. The third-order valence-corrected chi connectivity index (χ3v) is 7.06. The van der Waals surface area contributed by atoms with Gasteiger partial charge < -0.3 is 5.32 Å². The third kappa shape index (κ3) is 6.45. The van der Waals surface area contributed by atoms with E-state index < -0.39 is 0 Å². The van der Waals surface area contributed by atoms with E-state index in [1.165, 1.54) is 16.9 Å². The smallest absolute Gasteiger partial charge is 0.229 e. The number of amides is 1. The summed E-state index contributed by atoms with van der Waals surface area (Å²) in [7, 11) is 0. The molecule has 1 saturated heterocycles. The van der Waals surface area contributed by atoms with Gasteiger partial charge in [0.25, 0.3) is 0 Å². The predicted molar refractivity (Wildman–Crippen MR) is 114 cm³/mol. The van der Waals surface area contributed by atoms with E-state index in [0.29, 0.717) is 11.0 Å². The van der Waals surface area contributed by atoms with Gasteiger partial charge in [-0.1, -0.05) is 60.7 Å². The summed E-state index contributed by atoms with van der Waals surface area (Å²) in [6.45, 7) is 7.05. The van der Waals surface area contributed by atoms with E-state index in [0.717, 1.165) is 47.6 Å². The Labute approximate surface area is 173 Å². The molecule has 0 unspecified atom stereocenters. The first-order valence-corrected chi connectivity index (χ1v) is 11.4. The molecule has 0 bridgehead atoms. The molecular weight excluding hydrogens is 400 g/mol. The Morgan fingerprint density at radius 3 is 2.85 bits per heavy atom. The molecule has 0 spiro atoms. The van der Waals surface area contributed by atoms with Crippen LogP contribution in [0.3, 0.4) is 0 Å². The molecule has 27 heavy (non-hydrogen) atoms. The molecule has 1 amide bonds. The van der Waals surface area contributed by atoms with Gasteiger partial charge in [0.05, 0.1) is 0 Å². The molecule has 0 aliphatic carbocycles.